The molecule has 0 aromatic heterocycles. The first-order valence-corrected chi connectivity index (χ1v) is 9.75. The van der Waals surface area contributed by atoms with Crippen LogP contribution in [0.15, 0.2) is 84.9 Å². The van der Waals surface area contributed by atoms with Crippen LogP contribution in [0, 0.1) is 16.0 Å². The molecule has 31 heavy (non-hydrogen) atoms. The van der Waals surface area contributed by atoms with Crippen molar-refractivity contribution in [3.8, 4) is 0 Å². The van der Waals surface area contributed by atoms with Crippen molar-refractivity contribution < 1.29 is 19.3 Å². The fraction of sp³-hybridized carbons (Fsp3) is 0.130. The summed E-state index contributed by atoms with van der Waals surface area (Å²) in [7, 11) is 0. The third kappa shape index (κ3) is 2.96. The topological polar surface area (TPSA) is 93.0 Å². The predicted molar refractivity (Wildman–Crippen MR) is 112 cm³/mol. The van der Waals surface area contributed by atoms with E-state index in [1.165, 1.54) is 18.2 Å². The molecule has 8 heteroatoms. The van der Waals surface area contributed by atoms with Crippen LogP contribution in [0.1, 0.15) is 11.6 Å². The van der Waals surface area contributed by atoms with Crippen LogP contribution in [0.25, 0.3) is 0 Å². The molecule has 0 saturated carbocycles. The fourth-order valence-corrected chi connectivity index (χ4v) is 4.25. The van der Waals surface area contributed by atoms with Crippen LogP contribution >= 0.6 is 0 Å². The summed E-state index contributed by atoms with van der Waals surface area (Å²) in [5.74, 6) is -1.96. The molecule has 154 valence electrons. The van der Waals surface area contributed by atoms with Crippen LogP contribution in [-0.4, -0.2) is 22.8 Å². The van der Waals surface area contributed by atoms with Gasteiger partial charge < -0.3 is 0 Å². The van der Waals surface area contributed by atoms with Gasteiger partial charge in [-0.05, 0) is 23.8 Å². The van der Waals surface area contributed by atoms with Gasteiger partial charge >= 0.3 is 0 Å². The van der Waals surface area contributed by atoms with E-state index in [0.29, 0.717) is 5.69 Å². The lowest BCUT2D eigenvalue weighted by Gasteiger charge is -2.28. The number of benzene rings is 3. The monoisotopic (exact) mass is 415 g/mol. The number of anilines is 2. The number of hydrogen-bond acceptors (Lipinski definition) is 6. The lowest BCUT2D eigenvalue weighted by atomic mass is 9.90. The van der Waals surface area contributed by atoms with E-state index in [4.69, 9.17) is 4.84 Å². The summed E-state index contributed by atoms with van der Waals surface area (Å²) < 4.78 is 0. The van der Waals surface area contributed by atoms with Gasteiger partial charge in [-0.3, -0.25) is 24.5 Å². The number of amides is 2. The first-order chi connectivity index (χ1) is 15.1. The van der Waals surface area contributed by atoms with Crippen molar-refractivity contribution in [2.75, 3.05) is 9.96 Å². The largest absolute Gasteiger partial charge is 0.293 e. The Hall–Kier alpha value is -4.04. The number of carbonyl (C=O) groups is 2. The predicted octanol–water partition coefficient (Wildman–Crippen LogP) is 3.65. The summed E-state index contributed by atoms with van der Waals surface area (Å²) in [6.45, 7) is 0. The van der Waals surface area contributed by atoms with E-state index in [-0.39, 0.29) is 11.4 Å². The fourth-order valence-electron chi connectivity index (χ4n) is 4.25. The summed E-state index contributed by atoms with van der Waals surface area (Å²) in [5, 5.41) is 13.1. The Morgan fingerprint density at radius 3 is 2.10 bits per heavy atom. The second-order valence-corrected chi connectivity index (χ2v) is 7.33. The zero-order chi connectivity index (χ0) is 21.5. The number of rotatable bonds is 4. The van der Waals surface area contributed by atoms with Gasteiger partial charge in [-0.25, -0.2) is 9.96 Å². The van der Waals surface area contributed by atoms with Crippen LogP contribution in [-0.2, 0) is 14.4 Å². The summed E-state index contributed by atoms with van der Waals surface area (Å²) in [6.07, 6.45) is -1.07. The van der Waals surface area contributed by atoms with Crippen molar-refractivity contribution in [1.82, 2.24) is 0 Å². The molecule has 2 aliphatic rings. The standard InChI is InChI=1S/C23H17N3O5/c27-22-19-20(15-9-3-1-4-10-15)25(16-11-5-2-6-12-16)31-21(19)23(28)24(22)17-13-7-8-14-18(17)26(29)30/h1-14,19-21H/t19-,20-,21-/m0/s1. The van der Waals surface area contributed by atoms with Crippen molar-refractivity contribution in [1.29, 1.82) is 0 Å². The van der Waals surface area contributed by atoms with Gasteiger partial charge in [0.2, 0.25) is 5.91 Å². The maximum Gasteiger partial charge on any atom is 0.293 e. The number of para-hydroxylation sites is 3. The number of carbonyl (C=O) groups excluding carboxylic acids is 2. The molecule has 0 unspecified atom stereocenters. The van der Waals surface area contributed by atoms with Crippen LogP contribution < -0.4 is 9.96 Å². The van der Waals surface area contributed by atoms with Crippen LogP contribution in [0.4, 0.5) is 17.1 Å². The van der Waals surface area contributed by atoms with Crippen molar-refractivity contribution in [3.63, 3.8) is 0 Å². The van der Waals surface area contributed by atoms with Gasteiger partial charge in [0.25, 0.3) is 11.6 Å². The zero-order valence-corrected chi connectivity index (χ0v) is 16.2. The van der Waals surface area contributed by atoms with Gasteiger partial charge in [0.15, 0.2) is 6.10 Å². The van der Waals surface area contributed by atoms with E-state index in [0.717, 1.165) is 10.5 Å². The van der Waals surface area contributed by atoms with Gasteiger partial charge in [0.1, 0.15) is 11.6 Å². The van der Waals surface area contributed by atoms with Crippen molar-refractivity contribution in [2.24, 2.45) is 5.92 Å². The minimum Gasteiger partial charge on any atom is -0.273 e. The average molecular weight is 415 g/mol. The van der Waals surface area contributed by atoms with Gasteiger partial charge in [0.05, 0.1) is 16.7 Å². The number of imide groups is 1. The minimum absolute atomic E-state index is 0.0430. The molecule has 5 rings (SSSR count). The quantitative estimate of drug-likeness (QED) is 0.367. The lowest BCUT2D eigenvalue weighted by molar-refractivity contribution is -0.384. The molecule has 2 saturated heterocycles. The maximum atomic E-state index is 13.5. The number of hydroxylamine groups is 1. The van der Waals surface area contributed by atoms with Crippen molar-refractivity contribution in [3.05, 3.63) is 101 Å². The average Bonchev–Trinajstić information content (AvgIpc) is 3.31. The van der Waals surface area contributed by atoms with Gasteiger partial charge in [0, 0.05) is 6.07 Å². The molecule has 2 heterocycles. The zero-order valence-electron chi connectivity index (χ0n) is 16.2. The normalized spacial score (nSPS) is 22.6. The molecule has 3 aromatic rings. The molecule has 2 aliphatic heterocycles. The molecule has 0 spiro atoms. The summed E-state index contributed by atoms with van der Waals surface area (Å²) in [6, 6.07) is 23.7. The highest BCUT2D eigenvalue weighted by Crippen LogP contribution is 2.48. The molecule has 2 amide bonds. The Kier molecular flexibility index (Phi) is 4.48. The number of nitrogens with zero attached hydrogens (tertiary/aromatic N) is 3. The minimum atomic E-state index is -1.07. The second kappa shape index (κ2) is 7.33. The van der Waals surface area contributed by atoms with Gasteiger partial charge in [-0.15, -0.1) is 0 Å². The molecule has 0 radical (unpaired) electrons. The smallest absolute Gasteiger partial charge is 0.273 e. The first kappa shape index (κ1) is 19.0. The number of fused-ring (bicyclic) bond motifs is 1. The highest BCUT2D eigenvalue weighted by atomic mass is 16.7. The Morgan fingerprint density at radius 2 is 1.42 bits per heavy atom. The Bertz CT molecular complexity index is 1170. The molecule has 0 N–H and O–H groups in total. The molecule has 3 atom stereocenters. The van der Waals surface area contributed by atoms with Crippen LogP contribution in [0.2, 0.25) is 0 Å². The molecule has 0 bridgehead atoms. The molecule has 0 aliphatic carbocycles. The summed E-state index contributed by atoms with van der Waals surface area (Å²) in [5.41, 5.74) is 1.17. The van der Waals surface area contributed by atoms with E-state index >= 15 is 0 Å². The second-order valence-electron chi connectivity index (χ2n) is 7.33. The Labute approximate surface area is 177 Å². The molecule has 3 aromatic carbocycles. The van der Waals surface area contributed by atoms with Crippen LogP contribution in [0.5, 0.6) is 0 Å². The number of hydrogen-bond donors (Lipinski definition) is 0. The van der Waals surface area contributed by atoms with Crippen LogP contribution in [0.3, 0.4) is 0 Å². The summed E-state index contributed by atoms with van der Waals surface area (Å²) >= 11 is 0. The highest BCUT2D eigenvalue weighted by Gasteiger charge is 2.61. The Morgan fingerprint density at radius 1 is 0.806 bits per heavy atom. The van der Waals surface area contributed by atoms with E-state index < -0.39 is 34.8 Å². The van der Waals surface area contributed by atoms with E-state index in [9.17, 15) is 19.7 Å². The van der Waals surface area contributed by atoms with Gasteiger partial charge in [-0.1, -0.05) is 60.7 Å². The van der Waals surface area contributed by atoms with E-state index in [2.05, 4.69) is 0 Å². The Balaban J connectivity index is 1.60. The molecule has 8 nitrogen and oxygen atoms in total. The molecular formula is C23H17N3O5. The third-order valence-electron chi connectivity index (χ3n) is 5.59. The molecular weight excluding hydrogens is 398 g/mol. The van der Waals surface area contributed by atoms with Crippen molar-refractivity contribution >= 4 is 28.9 Å². The maximum absolute atomic E-state index is 13.5. The first-order valence-electron chi connectivity index (χ1n) is 9.75. The third-order valence-corrected chi connectivity index (χ3v) is 5.59. The number of nitro benzene ring substituents is 1. The lowest BCUT2D eigenvalue weighted by Crippen LogP contribution is -2.37. The summed E-state index contributed by atoms with van der Waals surface area (Å²) in [4.78, 5) is 44.6. The highest BCUT2D eigenvalue weighted by molar-refractivity contribution is 6.24. The van der Waals surface area contributed by atoms with E-state index in [1.807, 2.05) is 60.7 Å². The molecule has 2 fully saturated rings. The number of nitro groups is 1. The van der Waals surface area contributed by atoms with E-state index in [1.54, 1.807) is 11.1 Å². The van der Waals surface area contributed by atoms with Crippen molar-refractivity contribution in [2.45, 2.75) is 12.1 Å². The SMILES string of the molecule is O=C1[C@@H]2[C@H](ON(c3ccccc3)[C@H]2c2ccccc2)C(=O)N1c1ccccc1[N+](=O)[O-]. The van der Waals surface area contributed by atoms with Gasteiger partial charge in [-0.2, -0.15) is 0 Å².